The summed E-state index contributed by atoms with van der Waals surface area (Å²) in [7, 11) is 2.83. The van der Waals surface area contributed by atoms with E-state index in [-0.39, 0.29) is 13.1 Å². The first-order chi connectivity index (χ1) is 7.93. The van der Waals surface area contributed by atoms with E-state index in [1.54, 1.807) is 14.0 Å². The number of esters is 1. The standard InChI is InChI=1S/C10H14N2O5/c1-7-4-8(13)12(17-7)9(14)5-11(2)6-10(15)16-3/h4H,5-6H2,1-3H3. The summed E-state index contributed by atoms with van der Waals surface area (Å²) in [5.41, 5.74) is -0.515. The molecule has 0 saturated heterocycles. The molecule has 0 N–H and O–H groups in total. The molecule has 17 heavy (non-hydrogen) atoms. The van der Waals surface area contributed by atoms with Crippen molar-refractivity contribution in [3.05, 3.63) is 22.2 Å². The summed E-state index contributed by atoms with van der Waals surface area (Å²) in [6.45, 7) is 1.43. The number of likely N-dealkylation sites (N-methyl/N-ethyl adjacent to an activating group) is 1. The zero-order chi connectivity index (χ0) is 13.0. The highest BCUT2D eigenvalue weighted by Gasteiger charge is 2.15. The van der Waals surface area contributed by atoms with E-state index in [0.717, 1.165) is 0 Å². The lowest BCUT2D eigenvalue weighted by atomic mass is 10.5. The number of nitrogens with zero attached hydrogens (tertiary/aromatic N) is 2. The smallest absolute Gasteiger partial charge is 0.319 e. The van der Waals surface area contributed by atoms with Crippen LogP contribution in [0.15, 0.2) is 15.4 Å². The van der Waals surface area contributed by atoms with Crippen LogP contribution in [-0.4, -0.2) is 48.8 Å². The van der Waals surface area contributed by atoms with Crippen LogP contribution in [-0.2, 0) is 9.53 Å². The molecule has 7 nitrogen and oxygen atoms in total. The third-order valence-corrected chi connectivity index (χ3v) is 2.02. The van der Waals surface area contributed by atoms with Crippen LogP contribution in [0.3, 0.4) is 0 Å². The Hall–Kier alpha value is -1.89. The van der Waals surface area contributed by atoms with Crippen molar-refractivity contribution in [2.45, 2.75) is 6.92 Å². The highest BCUT2D eigenvalue weighted by Crippen LogP contribution is 1.94. The second kappa shape index (κ2) is 5.44. The molecule has 0 radical (unpaired) electrons. The minimum Gasteiger partial charge on any atom is -0.468 e. The Morgan fingerprint density at radius 1 is 1.47 bits per heavy atom. The molecule has 1 heterocycles. The summed E-state index contributed by atoms with van der Waals surface area (Å²) < 4.78 is 10.0. The van der Waals surface area contributed by atoms with Crippen LogP contribution in [0.25, 0.3) is 0 Å². The predicted octanol–water partition coefficient (Wildman–Crippen LogP) is -0.505. The molecule has 0 saturated carbocycles. The van der Waals surface area contributed by atoms with Crippen molar-refractivity contribution < 1.29 is 18.8 Å². The van der Waals surface area contributed by atoms with Gasteiger partial charge in [0.2, 0.25) is 0 Å². The molecule has 0 fully saturated rings. The highest BCUT2D eigenvalue weighted by molar-refractivity contribution is 5.80. The van der Waals surface area contributed by atoms with Gasteiger partial charge in [-0.15, -0.1) is 4.74 Å². The van der Waals surface area contributed by atoms with Gasteiger partial charge in [-0.2, -0.15) is 0 Å². The first-order valence-corrected chi connectivity index (χ1v) is 4.92. The van der Waals surface area contributed by atoms with E-state index < -0.39 is 17.4 Å². The van der Waals surface area contributed by atoms with E-state index in [4.69, 9.17) is 4.52 Å². The van der Waals surface area contributed by atoms with E-state index in [0.29, 0.717) is 10.5 Å². The van der Waals surface area contributed by atoms with Gasteiger partial charge in [0.05, 0.1) is 20.2 Å². The van der Waals surface area contributed by atoms with Crippen LogP contribution in [0.4, 0.5) is 0 Å². The molecule has 1 aromatic heterocycles. The number of carbonyl (C=O) groups excluding carboxylic acids is 2. The Bertz CT molecular complexity index is 473. The van der Waals surface area contributed by atoms with Gasteiger partial charge >= 0.3 is 5.97 Å². The molecule has 1 rings (SSSR count). The van der Waals surface area contributed by atoms with Crippen molar-refractivity contribution in [1.82, 2.24) is 9.64 Å². The largest absolute Gasteiger partial charge is 0.468 e. The Morgan fingerprint density at radius 3 is 2.59 bits per heavy atom. The fourth-order valence-electron chi connectivity index (χ4n) is 1.26. The van der Waals surface area contributed by atoms with E-state index in [9.17, 15) is 14.4 Å². The number of carbonyl (C=O) groups is 2. The van der Waals surface area contributed by atoms with Gasteiger partial charge in [0, 0.05) is 6.07 Å². The van der Waals surface area contributed by atoms with Gasteiger partial charge < -0.3 is 9.26 Å². The Labute approximate surface area is 97.5 Å². The van der Waals surface area contributed by atoms with Crippen LogP contribution in [0.5, 0.6) is 0 Å². The van der Waals surface area contributed by atoms with Crippen molar-refractivity contribution in [2.75, 3.05) is 27.2 Å². The Morgan fingerprint density at radius 2 is 2.12 bits per heavy atom. The quantitative estimate of drug-likeness (QED) is 0.662. The van der Waals surface area contributed by atoms with Crippen molar-refractivity contribution in [3.63, 3.8) is 0 Å². The molecule has 0 aliphatic heterocycles. The zero-order valence-electron chi connectivity index (χ0n) is 9.93. The van der Waals surface area contributed by atoms with Gasteiger partial charge in [-0.05, 0) is 14.0 Å². The van der Waals surface area contributed by atoms with E-state index in [2.05, 4.69) is 4.74 Å². The normalized spacial score (nSPS) is 10.6. The van der Waals surface area contributed by atoms with Gasteiger partial charge in [-0.3, -0.25) is 19.3 Å². The number of methoxy groups -OCH3 is 1. The maximum atomic E-state index is 11.6. The minimum absolute atomic E-state index is 0.0311. The van der Waals surface area contributed by atoms with Gasteiger partial charge in [0.1, 0.15) is 5.76 Å². The van der Waals surface area contributed by atoms with E-state index in [1.165, 1.54) is 18.1 Å². The van der Waals surface area contributed by atoms with Gasteiger partial charge in [0.15, 0.2) is 0 Å². The summed E-state index contributed by atoms with van der Waals surface area (Å²) in [5, 5.41) is 0. The second-order valence-corrected chi connectivity index (χ2v) is 3.62. The van der Waals surface area contributed by atoms with Crippen LogP contribution in [0, 0.1) is 6.92 Å². The number of aromatic nitrogens is 1. The summed E-state index contributed by atoms with van der Waals surface area (Å²) in [6, 6.07) is 1.22. The molecule has 94 valence electrons. The summed E-state index contributed by atoms with van der Waals surface area (Å²) in [4.78, 5) is 35.3. The average molecular weight is 242 g/mol. The number of aryl methyl sites for hydroxylation is 1. The number of ether oxygens (including phenoxy) is 1. The maximum Gasteiger partial charge on any atom is 0.319 e. The fraction of sp³-hybridized carbons (Fsp3) is 0.500. The topological polar surface area (TPSA) is 81.8 Å². The number of rotatable bonds is 4. The molecule has 0 aliphatic rings. The molecule has 1 aromatic rings. The summed E-state index contributed by atoms with van der Waals surface area (Å²) in [5.74, 6) is -0.628. The molecule has 0 aliphatic carbocycles. The fourth-order valence-corrected chi connectivity index (χ4v) is 1.26. The van der Waals surface area contributed by atoms with Crippen molar-refractivity contribution in [1.29, 1.82) is 0 Å². The maximum absolute atomic E-state index is 11.6. The summed E-state index contributed by atoms with van der Waals surface area (Å²) in [6.07, 6.45) is 0. The molecular formula is C10H14N2O5. The minimum atomic E-state index is -0.533. The van der Waals surface area contributed by atoms with E-state index in [1.807, 2.05) is 0 Å². The lowest BCUT2D eigenvalue weighted by Crippen LogP contribution is -2.36. The molecule has 0 spiro atoms. The molecule has 0 bridgehead atoms. The van der Waals surface area contributed by atoms with Crippen LogP contribution >= 0.6 is 0 Å². The highest BCUT2D eigenvalue weighted by atomic mass is 16.5. The first-order valence-electron chi connectivity index (χ1n) is 4.92. The predicted molar refractivity (Wildman–Crippen MR) is 57.8 cm³/mol. The lowest BCUT2D eigenvalue weighted by molar-refractivity contribution is -0.141. The molecule has 7 heteroatoms. The number of hydrogen-bond acceptors (Lipinski definition) is 6. The monoisotopic (exact) mass is 242 g/mol. The molecule has 0 aromatic carbocycles. The second-order valence-electron chi connectivity index (χ2n) is 3.62. The lowest BCUT2D eigenvalue weighted by Gasteiger charge is -2.12. The van der Waals surface area contributed by atoms with Crippen molar-refractivity contribution >= 4 is 11.9 Å². The summed E-state index contributed by atoms with van der Waals surface area (Å²) >= 11 is 0. The molecule has 0 atom stereocenters. The molecule has 0 unspecified atom stereocenters. The van der Waals surface area contributed by atoms with Crippen molar-refractivity contribution in [2.24, 2.45) is 0 Å². The van der Waals surface area contributed by atoms with Crippen LogP contribution in [0.1, 0.15) is 10.6 Å². The van der Waals surface area contributed by atoms with Crippen molar-refractivity contribution in [3.8, 4) is 0 Å². The third kappa shape index (κ3) is 3.56. The van der Waals surface area contributed by atoms with Gasteiger partial charge in [-0.25, -0.2) is 0 Å². The van der Waals surface area contributed by atoms with Gasteiger partial charge in [0.25, 0.3) is 11.5 Å². The Kier molecular flexibility index (Phi) is 4.22. The Balaban J connectivity index is 2.64. The number of hydrogen-bond donors (Lipinski definition) is 0. The van der Waals surface area contributed by atoms with Crippen LogP contribution < -0.4 is 5.56 Å². The van der Waals surface area contributed by atoms with Crippen LogP contribution in [0.2, 0.25) is 0 Å². The zero-order valence-corrected chi connectivity index (χ0v) is 9.93. The average Bonchev–Trinajstić information content (AvgIpc) is 2.57. The molecule has 0 amide bonds. The third-order valence-electron chi connectivity index (χ3n) is 2.02. The van der Waals surface area contributed by atoms with Gasteiger partial charge in [-0.1, -0.05) is 0 Å². The van der Waals surface area contributed by atoms with E-state index >= 15 is 0 Å². The first kappa shape index (κ1) is 13.2. The molecular weight excluding hydrogens is 228 g/mol. The SMILES string of the molecule is COC(=O)CN(C)CC(=O)n1oc(C)cc1=O.